The molecule has 0 aliphatic rings. The molecule has 0 fully saturated rings. The highest BCUT2D eigenvalue weighted by molar-refractivity contribution is 14.0. The first-order chi connectivity index (χ1) is 12.5. The van der Waals surface area contributed by atoms with Crippen LogP contribution in [0.3, 0.4) is 0 Å². The van der Waals surface area contributed by atoms with Gasteiger partial charge in [-0.2, -0.15) is 0 Å². The molecule has 1 heterocycles. The Morgan fingerprint density at radius 3 is 2.56 bits per heavy atom. The largest absolute Gasteiger partial charge is 0.467 e. The number of hydrogen-bond donors (Lipinski definition) is 2. The van der Waals surface area contributed by atoms with E-state index in [1.165, 1.54) is 12.1 Å². The molecular formula is C20H29FIN3O2. The van der Waals surface area contributed by atoms with Gasteiger partial charge in [0.25, 0.3) is 0 Å². The topological polar surface area (TPSA) is 58.8 Å². The second-order valence-electron chi connectivity index (χ2n) is 6.73. The van der Waals surface area contributed by atoms with Crippen LogP contribution in [-0.4, -0.2) is 32.7 Å². The molecule has 1 aromatic heterocycles. The van der Waals surface area contributed by atoms with Gasteiger partial charge in [0.1, 0.15) is 18.2 Å². The first-order valence-electron chi connectivity index (χ1n) is 8.82. The number of furan rings is 1. The molecule has 0 unspecified atom stereocenters. The summed E-state index contributed by atoms with van der Waals surface area (Å²) in [5.41, 5.74) is 0.936. The van der Waals surface area contributed by atoms with Crippen LogP contribution in [0, 0.1) is 5.82 Å². The standard InChI is InChI=1S/C20H28FN3O2.HI/c1-20(2,16-7-9-17(21)10-8-16)15-24-19(22-3)23-11-5-12-25-14-18-6-4-13-26-18;/h4,6-10,13H,5,11-12,14-15H2,1-3H3,(H2,22,23,24);1H. The van der Waals surface area contributed by atoms with E-state index in [0.29, 0.717) is 19.8 Å². The molecule has 2 rings (SSSR count). The van der Waals surface area contributed by atoms with Crippen molar-refractivity contribution >= 4 is 29.9 Å². The fraction of sp³-hybridized carbons (Fsp3) is 0.450. The van der Waals surface area contributed by atoms with Crippen molar-refractivity contribution in [3.8, 4) is 0 Å². The third-order valence-electron chi connectivity index (χ3n) is 4.13. The lowest BCUT2D eigenvalue weighted by Gasteiger charge is -2.26. The van der Waals surface area contributed by atoms with Gasteiger partial charge >= 0.3 is 0 Å². The van der Waals surface area contributed by atoms with Crippen LogP contribution in [0.15, 0.2) is 52.1 Å². The Labute approximate surface area is 177 Å². The number of nitrogens with zero attached hydrogens (tertiary/aromatic N) is 1. The van der Waals surface area contributed by atoms with Crippen LogP contribution in [0.5, 0.6) is 0 Å². The highest BCUT2D eigenvalue weighted by Gasteiger charge is 2.20. The molecule has 0 spiro atoms. The summed E-state index contributed by atoms with van der Waals surface area (Å²) in [5, 5.41) is 6.60. The molecule has 0 amide bonds. The molecule has 0 saturated carbocycles. The highest BCUT2D eigenvalue weighted by Crippen LogP contribution is 2.22. The fourth-order valence-electron chi connectivity index (χ4n) is 2.48. The average molecular weight is 489 g/mol. The lowest BCUT2D eigenvalue weighted by Crippen LogP contribution is -2.43. The number of ether oxygens (including phenoxy) is 1. The number of rotatable bonds is 9. The Balaban J connectivity index is 0.00000364. The minimum Gasteiger partial charge on any atom is -0.467 e. The Morgan fingerprint density at radius 1 is 1.19 bits per heavy atom. The molecule has 0 aliphatic heterocycles. The fourth-order valence-corrected chi connectivity index (χ4v) is 2.48. The quantitative estimate of drug-likeness (QED) is 0.241. The van der Waals surface area contributed by atoms with E-state index < -0.39 is 0 Å². The summed E-state index contributed by atoms with van der Waals surface area (Å²) in [4.78, 5) is 4.24. The molecule has 27 heavy (non-hydrogen) atoms. The predicted molar refractivity (Wildman–Crippen MR) is 117 cm³/mol. The number of hydrogen-bond acceptors (Lipinski definition) is 3. The predicted octanol–water partition coefficient (Wildman–Crippen LogP) is 4.09. The highest BCUT2D eigenvalue weighted by atomic mass is 127. The molecule has 5 nitrogen and oxygen atoms in total. The van der Waals surface area contributed by atoms with Crippen LogP contribution in [0.2, 0.25) is 0 Å². The van der Waals surface area contributed by atoms with Gasteiger partial charge in [-0.25, -0.2) is 4.39 Å². The van der Waals surface area contributed by atoms with Crippen molar-refractivity contribution in [2.45, 2.75) is 32.3 Å². The van der Waals surface area contributed by atoms with E-state index in [1.54, 1.807) is 13.3 Å². The number of guanidine groups is 1. The van der Waals surface area contributed by atoms with Crippen LogP contribution in [0.25, 0.3) is 0 Å². The number of halogens is 2. The van der Waals surface area contributed by atoms with Crippen LogP contribution < -0.4 is 10.6 Å². The van der Waals surface area contributed by atoms with Gasteiger partial charge in [0, 0.05) is 32.2 Å². The summed E-state index contributed by atoms with van der Waals surface area (Å²) in [5.74, 6) is 1.36. The molecule has 1 aromatic carbocycles. The van der Waals surface area contributed by atoms with Gasteiger partial charge < -0.3 is 19.8 Å². The van der Waals surface area contributed by atoms with Crippen molar-refractivity contribution in [3.63, 3.8) is 0 Å². The minimum absolute atomic E-state index is 0. The summed E-state index contributed by atoms with van der Waals surface area (Å²) in [6.45, 7) is 6.81. The summed E-state index contributed by atoms with van der Waals surface area (Å²) in [6, 6.07) is 10.4. The molecule has 0 saturated heterocycles. The molecule has 0 atom stereocenters. The van der Waals surface area contributed by atoms with Crippen LogP contribution >= 0.6 is 24.0 Å². The number of benzene rings is 1. The van der Waals surface area contributed by atoms with Crippen molar-refractivity contribution in [1.82, 2.24) is 10.6 Å². The average Bonchev–Trinajstić information content (AvgIpc) is 3.14. The first kappa shape index (κ1) is 23.4. The zero-order chi connectivity index (χ0) is 18.8. The summed E-state index contributed by atoms with van der Waals surface area (Å²) < 4.78 is 23.9. The number of aliphatic imine (C=N–C) groups is 1. The van der Waals surface area contributed by atoms with E-state index in [-0.39, 0.29) is 35.2 Å². The molecule has 0 radical (unpaired) electrons. The van der Waals surface area contributed by atoms with Gasteiger partial charge in [-0.1, -0.05) is 26.0 Å². The van der Waals surface area contributed by atoms with Crippen LogP contribution in [0.4, 0.5) is 4.39 Å². The van der Waals surface area contributed by atoms with E-state index in [4.69, 9.17) is 9.15 Å². The van der Waals surface area contributed by atoms with Crippen molar-refractivity contribution in [2.75, 3.05) is 26.7 Å². The van der Waals surface area contributed by atoms with Crippen molar-refractivity contribution < 1.29 is 13.5 Å². The monoisotopic (exact) mass is 489 g/mol. The van der Waals surface area contributed by atoms with Crippen molar-refractivity contribution in [1.29, 1.82) is 0 Å². The van der Waals surface area contributed by atoms with Crippen molar-refractivity contribution in [3.05, 3.63) is 59.8 Å². The maximum atomic E-state index is 13.1. The SMILES string of the molecule is CN=C(NCCCOCc1ccco1)NCC(C)(C)c1ccc(F)cc1.I. The smallest absolute Gasteiger partial charge is 0.191 e. The first-order valence-corrected chi connectivity index (χ1v) is 8.82. The molecular weight excluding hydrogens is 460 g/mol. The van der Waals surface area contributed by atoms with Crippen LogP contribution in [-0.2, 0) is 16.8 Å². The van der Waals surface area contributed by atoms with Gasteiger partial charge in [-0.3, -0.25) is 4.99 Å². The Morgan fingerprint density at radius 2 is 1.93 bits per heavy atom. The third-order valence-corrected chi connectivity index (χ3v) is 4.13. The molecule has 0 bridgehead atoms. The molecule has 2 N–H and O–H groups in total. The normalized spacial score (nSPS) is 11.8. The molecule has 0 aliphatic carbocycles. The molecule has 2 aromatic rings. The zero-order valence-corrected chi connectivity index (χ0v) is 18.5. The maximum absolute atomic E-state index is 13.1. The molecule has 7 heteroatoms. The summed E-state index contributed by atoms with van der Waals surface area (Å²) in [7, 11) is 1.74. The summed E-state index contributed by atoms with van der Waals surface area (Å²) in [6.07, 6.45) is 2.51. The Hall–Kier alpha value is -1.61. The van der Waals surface area contributed by atoms with Gasteiger partial charge in [0.15, 0.2) is 5.96 Å². The Bertz CT molecular complexity index is 673. The minimum atomic E-state index is -0.218. The van der Waals surface area contributed by atoms with Gasteiger partial charge in [0.05, 0.1) is 6.26 Å². The second-order valence-corrected chi connectivity index (χ2v) is 6.73. The second kappa shape index (κ2) is 12.0. The third kappa shape index (κ3) is 8.30. The van der Waals surface area contributed by atoms with E-state index in [0.717, 1.165) is 30.2 Å². The van der Waals surface area contributed by atoms with E-state index in [2.05, 4.69) is 29.5 Å². The maximum Gasteiger partial charge on any atom is 0.191 e. The van der Waals surface area contributed by atoms with Crippen molar-refractivity contribution in [2.24, 2.45) is 4.99 Å². The van der Waals surface area contributed by atoms with Gasteiger partial charge in [0.2, 0.25) is 0 Å². The van der Waals surface area contributed by atoms with E-state index >= 15 is 0 Å². The van der Waals surface area contributed by atoms with E-state index in [1.807, 2.05) is 24.3 Å². The van der Waals surface area contributed by atoms with Crippen LogP contribution in [0.1, 0.15) is 31.6 Å². The lowest BCUT2D eigenvalue weighted by molar-refractivity contribution is 0.105. The van der Waals surface area contributed by atoms with E-state index in [9.17, 15) is 4.39 Å². The molecule has 150 valence electrons. The summed E-state index contributed by atoms with van der Waals surface area (Å²) >= 11 is 0. The lowest BCUT2D eigenvalue weighted by atomic mass is 9.84. The van der Waals surface area contributed by atoms with Gasteiger partial charge in [-0.15, -0.1) is 24.0 Å². The van der Waals surface area contributed by atoms with Gasteiger partial charge in [-0.05, 0) is 36.2 Å². The Kier molecular flexibility index (Phi) is 10.4. The number of nitrogens with one attached hydrogen (secondary N) is 2. The zero-order valence-electron chi connectivity index (χ0n) is 16.1.